The number of halogens is 2. The summed E-state index contributed by atoms with van der Waals surface area (Å²) in [6, 6.07) is 2.16. The minimum Gasteiger partial charge on any atom is -0.370 e. The fourth-order valence-electron chi connectivity index (χ4n) is 1.05. The molecule has 0 spiro atoms. The van der Waals surface area contributed by atoms with E-state index in [0.717, 1.165) is 18.2 Å². The van der Waals surface area contributed by atoms with Crippen LogP contribution in [0.25, 0.3) is 0 Å². The molecule has 7 heteroatoms. The van der Waals surface area contributed by atoms with Gasteiger partial charge >= 0.3 is 6.03 Å². The maximum absolute atomic E-state index is 12.7. The van der Waals surface area contributed by atoms with Crippen molar-refractivity contribution in [2.45, 2.75) is 6.54 Å². The molecular weight excluding hydrogens is 218 g/mol. The Kier molecular flexibility index (Phi) is 3.76. The highest BCUT2D eigenvalue weighted by Gasteiger charge is 2.02. The van der Waals surface area contributed by atoms with E-state index >= 15 is 0 Å². The molecule has 1 aromatic carbocycles. The van der Waals surface area contributed by atoms with Crippen LogP contribution in [0.15, 0.2) is 23.2 Å². The van der Waals surface area contributed by atoms with Gasteiger partial charge in [-0.05, 0) is 17.7 Å². The SMILES string of the molecule is NC(N)=NC(=O)NCc1cc(F)cc(F)c1. The molecule has 0 bridgehead atoms. The van der Waals surface area contributed by atoms with Crippen molar-refractivity contribution in [3.05, 3.63) is 35.4 Å². The molecule has 0 aliphatic rings. The maximum Gasteiger partial charge on any atom is 0.344 e. The zero-order chi connectivity index (χ0) is 12.1. The molecule has 1 rings (SSSR count). The predicted octanol–water partition coefficient (Wildman–Crippen LogP) is 0.448. The molecular formula is C9H10F2N4O. The molecule has 0 aliphatic carbocycles. The van der Waals surface area contributed by atoms with E-state index in [1.807, 2.05) is 0 Å². The van der Waals surface area contributed by atoms with Gasteiger partial charge in [-0.25, -0.2) is 13.6 Å². The Balaban J connectivity index is 2.61. The number of carbonyl (C=O) groups is 1. The molecule has 0 unspecified atom stereocenters. The number of carbonyl (C=O) groups excluding carboxylic acids is 1. The van der Waals surface area contributed by atoms with E-state index in [9.17, 15) is 13.6 Å². The third-order valence-corrected chi connectivity index (χ3v) is 1.60. The largest absolute Gasteiger partial charge is 0.370 e. The number of hydrogen-bond acceptors (Lipinski definition) is 1. The van der Waals surface area contributed by atoms with Gasteiger partial charge in [-0.3, -0.25) is 0 Å². The predicted molar refractivity (Wildman–Crippen MR) is 54.4 cm³/mol. The lowest BCUT2D eigenvalue weighted by Crippen LogP contribution is -2.28. The molecule has 16 heavy (non-hydrogen) atoms. The molecule has 0 aromatic heterocycles. The zero-order valence-corrected chi connectivity index (χ0v) is 8.21. The highest BCUT2D eigenvalue weighted by atomic mass is 19.1. The van der Waals surface area contributed by atoms with Gasteiger partial charge in [0.25, 0.3) is 0 Å². The Labute approximate surface area is 90.1 Å². The molecule has 2 amide bonds. The number of nitrogens with zero attached hydrogens (tertiary/aromatic N) is 1. The molecule has 0 saturated carbocycles. The van der Waals surface area contributed by atoms with Crippen molar-refractivity contribution in [1.29, 1.82) is 0 Å². The number of hydrogen-bond donors (Lipinski definition) is 3. The average molecular weight is 228 g/mol. The number of aliphatic imine (C=N–C) groups is 1. The van der Waals surface area contributed by atoms with Crippen LogP contribution >= 0.6 is 0 Å². The lowest BCUT2D eigenvalue weighted by Gasteiger charge is -2.02. The second kappa shape index (κ2) is 5.06. The van der Waals surface area contributed by atoms with Gasteiger partial charge in [-0.2, -0.15) is 4.99 Å². The van der Waals surface area contributed by atoms with E-state index in [4.69, 9.17) is 11.5 Å². The monoisotopic (exact) mass is 228 g/mol. The highest BCUT2D eigenvalue weighted by Crippen LogP contribution is 2.07. The lowest BCUT2D eigenvalue weighted by atomic mass is 10.2. The number of nitrogens with one attached hydrogen (secondary N) is 1. The van der Waals surface area contributed by atoms with Crippen LogP contribution < -0.4 is 16.8 Å². The molecule has 1 aromatic rings. The van der Waals surface area contributed by atoms with Crippen LogP contribution in [0.5, 0.6) is 0 Å². The third-order valence-electron chi connectivity index (χ3n) is 1.60. The van der Waals surface area contributed by atoms with Crippen LogP contribution in [0.1, 0.15) is 5.56 Å². The van der Waals surface area contributed by atoms with Gasteiger partial charge in [0.1, 0.15) is 11.6 Å². The van der Waals surface area contributed by atoms with Crippen molar-refractivity contribution in [3.8, 4) is 0 Å². The molecule has 0 heterocycles. The van der Waals surface area contributed by atoms with Crippen LogP contribution in [-0.2, 0) is 6.54 Å². The van der Waals surface area contributed by atoms with Gasteiger partial charge in [0.05, 0.1) is 0 Å². The van der Waals surface area contributed by atoms with Crippen LogP contribution in [0.3, 0.4) is 0 Å². The molecule has 0 atom stereocenters. The van der Waals surface area contributed by atoms with E-state index < -0.39 is 17.7 Å². The minimum absolute atomic E-state index is 0.0652. The average Bonchev–Trinajstić information content (AvgIpc) is 2.12. The first-order chi connectivity index (χ1) is 7.47. The number of rotatable bonds is 2. The number of amides is 2. The van der Waals surface area contributed by atoms with E-state index in [2.05, 4.69) is 10.3 Å². The van der Waals surface area contributed by atoms with Crippen LogP contribution in [0.4, 0.5) is 13.6 Å². The van der Waals surface area contributed by atoms with Gasteiger partial charge in [-0.1, -0.05) is 0 Å². The molecule has 5 nitrogen and oxygen atoms in total. The van der Waals surface area contributed by atoms with Crippen LogP contribution in [0.2, 0.25) is 0 Å². The van der Waals surface area contributed by atoms with E-state index in [1.165, 1.54) is 0 Å². The summed E-state index contributed by atoms with van der Waals surface area (Å²) in [6.45, 7) is -0.0652. The fraction of sp³-hybridized carbons (Fsp3) is 0.111. The highest BCUT2D eigenvalue weighted by molar-refractivity contribution is 5.90. The van der Waals surface area contributed by atoms with Crippen molar-refractivity contribution in [3.63, 3.8) is 0 Å². The van der Waals surface area contributed by atoms with Gasteiger partial charge in [0.2, 0.25) is 0 Å². The molecule has 5 N–H and O–H groups in total. The van der Waals surface area contributed by atoms with Crippen molar-refractivity contribution >= 4 is 12.0 Å². The first-order valence-corrected chi connectivity index (χ1v) is 4.30. The third kappa shape index (κ3) is 3.91. The summed E-state index contributed by atoms with van der Waals surface area (Å²) < 4.78 is 25.5. The van der Waals surface area contributed by atoms with Crippen molar-refractivity contribution in [1.82, 2.24) is 5.32 Å². The Morgan fingerprint density at radius 1 is 1.25 bits per heavy atom. The van der Waals surface area contributed by atoms with Gasteiger partial charge in [0, 0.05) is 12.6 Å². The second-order valence-electron chi connectivity index (χ2n) is 2.97. The first-order valence-electron chi connectivity index (χ1n) is 4.30. The summed E-state index contributed by atoms with van der Waals surface area (Å²) in [5.41, 5.74) is 10.2. The minimum atomic E-state index is -0.773. The van der Waals surface area contributed by atoms with Crippen LogP contribution in [0, 0.1) is 11.6 Å². The van der Waals surface area contributed by atoms with Gasteiger partial charge < -0.3 is 16.8 Å². The summed E-state index contributed by atoms with van der Waals surface area (Å²) in [6.07, 6.45) is 0. The maximum atomic E-state index is 12.7. The Bertz CT molecular complexity index is 409. The van der Waals surface area contributed by atoms with Crippen molar-refractivity contribution < 1.29 is 13.6 Å². The summed E-state index contributed by atoms with van der Waals surface area (Å²) in [5.74, 6) is -1.82. The van der Waals surface area contributed by atoms with Gasteiger partial charge in [0.15, 0.2) is 5.96 Å². The normalized spacial score (nSPS) is 9.62. The van der Waals surface area contributed by atoms with Crippen LogP contribution in [-0.4, -0.2) is 12.0 Å². The summed E-state index contributed by atoms with van der Waals surface area (Å²) in [7, 11) is 0. The number of guanidine groups is 1. The Morgan fingerprint density at radius 3 is 2.31 bits per heavy atom. The Hall–Kier alpha value is -2.18. The summed E-state index contributed by atoms with van der Waals surface area (Å²) in [4.78, 5) is 14.1. The molecule has 0 fully saturated rings. The van der Waals surface area contributed by atoms with E-state index in [-0.39, 0.29) is 18.1 Å². The zero-order valence-electron chi connectivity index (χ0n) is 8.21. The quantitative estimate of drug-likeness (QED) is 0.506. The van der Waals surface area contributed by atoms with Crippen molar-refractivity contribution in [2.24, 2.45) is 16.5 Å². The van der Waals surface area contributed by atoms with E-state index in [0.29, 0.717) is 0 Å². The topological polar surface area (TPSA) is 93.5 Å². The molecule has 86 valence electrons. The first kappa shape index (κ1) is 11.9. The smallest absolute Gasteiger partial charge is 0.344 e. The summed E-state index contributed by atoms with van der Waals surface area (Å²) >= 11 is 0. The summed E-state index contributed by atoms with van der Waals surface area (Å²) in [5, 5.41) is 2.26. The van der Waals surface area contributed by atoms with E-state index in [1.54, 1.807) is 0 Å². The number of nitrogens with two attached hydrogens (primary N) is 2. The Morgan fingerprint density at radius 2 is 1.81 bits per heavy atom. The standard InChI is InChI=1S/C9H10F2N4O/c10-6-1-5(2-7(11)3-6)4-14-9(16)15-8(12)13/h1-3H,4H2,(H5,12,13,14,15,16). The number of urea groups is 1. The van der Waals surface area contributed by atoms with Crippen molar-refractivity contribution in [2.75, 3.05) is 0 Å². The lowest BCUT2D eigenvalue weighted by molar-refractivity contribution is 0.249. The molecule has 0 radical (unpaired) electrons. The molecule has 0 aliphatic heterocycles. The molecule has 0 saturated heterocycles. The number of benzene rings is 1. The second-order valence-corrected chi connectivity index (χ2v) is 2.97. The fourth-order valence-corrected chi connectivity index (χ4v) is 1.05. The van der Waals surface area contributed by atoms with Gasteiger partial charge in [-0.15, -0.1) is 0 Å².